The molecule has 0 saturated carbocycles. The van der Waals surface area contributed by atoms with Crippen molar-refractivity contribution < 1.29 is 9.72 Å². The van der Waals surface area contributed by atoms with Gasteiger partial charge in [0.15, 0.2) is 0 Å². The minimum atomic E-state index is -0.448. The van der Waals surface area contributed by atoms with E-state index in [-0.39, 0.29) is 11.6 Å². The van der Waals surface area contributed by atoms with Gasteiger partial charge in [0.25, 0.3) is 5.69 Å². The maximum Gasteiger partial charge on any atom is 0.269 e. The van der Waals surface area contributed by atoms with E-state index in [0.29, 0.717) is 35.0 Å². The van der Waals surface area contributed by atoms with Crippen molar-refractivity contribution in [1.82, 2.24) is 9.88 Å². The molecule has 39 heavy (non-hydrogen) atoms. The third-order valence-electron chi connectivity index (χ3n) is 6.55. The molecule has 2 aromatic carbocycles. The summed E-state index contributed by atoms with van der Waals surface area (Å²) in [4.78, 5) is 31.7. The van der Waals surface area contributed by atoms with Gasteiger partial charge in [-0.1, -0.05) is 25.6 Å². The van der Waals surface area contributed by atoms with Crippen LogP contribution in [0.15, 0.2) is 67.4 Å². The third kappa shape index (κ3) is 6.88. The number of hydrogen-bond donors (Lipinski definition) is 3. The van der Waals surface area contributed by atoms with Crippen LogP contribution in [0, 0.1) is 21.4 Å². The average molecular weight is 527 g/mol. The zero-order chi connectivity index (χ0) is 27.8. The number of amides is 1. The molecule has 1 aliphatic rings. The lowest BCUT2D eigenvalue weighted by molar-refractivity contribution is -0.384. The molecule has 3 N–H and O–H groups in total. The Morgan fingerprint density at radius 1 is 1.13 bits per heavy atom. The normalized spacial score (nSPS) is 13.3. The van der Waals surface area contributed by atoms with Gasteiger partial charge in [-0.05, 0) is 36.4 Å². The fourth-order valence-corrected chi connectivity index (χ4v) is 4.28. The second kappa shape index (κ2) is 12.5. The van der Waals surface area contributed by atoms with E-state index in [2.05, 4.69) is 50.3 Å². The van der Waals surface area contributed by atoms with Crippen molar-refractivity contribution in [1.29, 1.82) is 5.26 Å². The molecule has 0 radical (unpaired) electrons. The molecule has 1 fully saturated rings. The molecule has 0 spiro atoms. The Morgan fingerprint density at radius 3 is 2.51 bits per heavy atom. The number of anilines is 5. The van der Waals surface area contributed by atoms with Gasteiger partial charge in [-0.3, -0.25) is 14.9 Å². The third-order valence-corrected chi connectivity index (χ3v) is 6.55. The molecule has 0 bridgehead atoms. The predicted molar refractivity (Wildman–Crippen MR) is 152 cm³/mol. The predicted octanol–water partition coefficient (Wildman–Crippen LogP) is 4.48. The number of non-ortho nitro benzene ring substituents is 1. The summed E-state index contributed by atoms with van der Waals surface area (Å²) in [5.41, 5.74) is 3.97. The maximum atomic E-state index is 12.2. The Kier molecular flexibility index (Phi) is 8.71. The lowest BCUT2D eigenvalue weighted by Gasteiger charge is -2.35. The highest BCUT2D eigenvalue weighted by atomic mass is 16.6. The number of nitro benzene ring substituents is 1. The summed E-state index contributed by atoms with van der Waals surface area (Å²) in [6.45, 7) is 10.9. The van der Waals surface area contributed by atoms with E-state index in [1.807, 2.05) is 18.2 Å². The zero-order valence-electron chi connectivity index (χ0n) is 21.7. The van der Waals surface area contributed by atoms with Crippen molar-refractivity contribution in [2.45, 2.75) is 13.5 Å². The number of piperazine rings is 1. The average Bonchev–Trinajstić information content (AvgIpc) is 2.97. The van der Waals surface area contributed by atoms with Gasteiger partial charge < -0.3 is 25.8 Å². The van der Waals surface area contributed by atoms with Crippen LogP contribution >= 0.6 is 0 Å². The first-order valence-electron chi connectivity index (χ1n) is 12.6. The van der Waals surface area contributed by atoms with Gasteiger partial charge >= 0.3 is 0 Å². The van der Waals surface area contributed by atoms with Crippen molar-refractivity contribution in [3.8, 4) is 6.07 Å². The van der Waals surface area contributed by atoms with E-state index < -0.39 is 4.92 Å². The number of pyridine rings is 1. The first kappa shape index (κ1) is 27.1. The number of nitrogens with zero attached hydrogens (tertiary/aromatic N) is 5. The van der Waals surface area contributed by atoms with Crippen LogP contribution in [0.2, 0.25) is 0 Å². The Bertz CT molecular complexity index is 1390. The molecule has 11 nitrogen and oxygen atoms in total. The van der Waals surface area contributed by atoms with Gasteiger partial charge in [-0.2, -0.15) is 5.26 Å². The van der Waals surface area contributed by atoms with Crippen LogP contribution in [0.5, 0.6) is 0 Å². The van der Waals surface area contributed by atoms with Crippen LogP contribution in [0.4, 0.5) is 34.3 Å². The molecule has 1 aliphatic heterocycles. The van der Waals surface area contributed by atoms with E-state index in [0.717, 1.165) is 44.0 Å². The summed E-state index contributed by atoms with van der Waals surface area (Å²) in [5, 5.41) is 29.8. The summed E-state index contributed by atoms with van der Waals surface area (Å²) in [6.07, 6.45) is 2.68. The summed E-state index contributed by atoms with van der Waals surface area (Å²) in [5.74, 6) is 0.142. The lowest BCUT2D eigenvalue weighted by Crippen LogP contribution is -2.46. The summed E-state index contributed by atoms with van der Waals surface area (Å²) < 4.78 is 0. The standard InChI is InChI=1S/C28H30N8O3/c1-3-28(37)33-26-15-23(35-13-11-34(4-2)12-14-35)9-10-24(26)32-27-16-25(21(17-29)19-31-27)30-18-20-5-7-22(8-6-20)36(38)39/h3,5-10,15-16,19H,1,4,11-14,18H2,2H3,(H,33,37)(H2,30,31,32). The van der Waals surface area contributed by atoms with Crippen molar-refractivity contribution in [2.24, 2.45) is 0 Å². The molecule has 2 heterocycles. The summed E-state index contributed by atoms with van der Waals surface area (Å²) >= 11 is 0. The highest BCUT2D eigenvalue weighted by molar-refractivity contribution is 6.02. The minimum Gasteiger partial charge on any atom is -0.380 e. The molecule has 1 saturated heterocycles. The largest absolute Gasteiger partial charge is 0.380 e. The van der Waals surface area contributed by atoms with E-state index in [1.54, 1.807) is 18.2 Å². The number of nitrogens with one attached hydrogen (secondary N) is 3. The number of carbonyl (C=O) groups excluding carboxylic acids is 1. The van der Waals surface area contributed by atoms with Crippen LogP contribution in [-0.4, -0.2) is 53.4 Å². The minimum absolute atomic E-state index is 0.0143. The number of benzene rings is 2. The molecule has 1 amide bonds. The Balaban J connectivity index is 1.54. The monoisotopic (exact) mass is 526 g/mol. The highest BCUT2D eigenvalue weighted by Gasteiger charge is 2.18. The fraction of sp³-hybridized carbons (Fsp3) is 0.250. The molecule has 4 rings (SSSR count). The first-order valence-corrected chi connectivity index (χ1v) is 12.6. The fourth-order valence-electron chi connectivity index (χ4n) is 4.28. The van der Waals surface area contributed by atoms with Crippen LogP contribution in [0.1, 0.15) is 18.1 Å². The first-order chi connectivity index (χ1) is 18.9. The SMILES string of the molecule is C=CC(=O)Nc1cc(N2CCN(CC)CC2)ccc1Nc1cc(NCc2ccc([N+](=O)[O-])cc2)c(C#N)cn1. The van der Waals surface area contributed by atoms with Crippen molar-refractivity contribution in [2.75, 3.05) is 53.6 Å². The number of rotatable bonds is 10. The Labute approximate surface area is 226 Å². The smallest absolute Gasteiger partial charge is 0.269 e. The molecular formula is C28H30N8O3. The molecule has 11 heteroatoms. The van der Waals surface area contributed by atoms with Gasteiger partial charge in [0.1, 0.15) is 11.9 Å². The van der Waals surface area contributed by atoms with E-state index >= 15 is 0 Å². The van der Waals surface area contributed by atoms with Crippen LogP contribution in [0.25, 0.3) is 0 Å². The number of aromatic nitrogens is 1. The van der Waals surface area contributed by atoms with E-state index in [9.17, 15) is 20.2 Å². The molecule has 3 aromatic rings. The van der Waals surface area contributed by atoms with E-state index in [1.165, 1.54) is 24.4 Å². The second-order valence-electron chi connectivity index (χ2n) is 8.97. The van der Waals surface area contributed by atoms with Gasteiger partial charge in [-0.25, -0.2) is 4.98 Å². The van der Waals surface area contributed by atoms with Crippen molar-refractivity contribution >= 4 is 40.2 Å². The van der Waals surface area contributed by atoms with Crippen molar-refractivity contribution in [3.63, 3.8) is 0 Å². The molecular weight excluding hydrogens is 496 g/mol. The van der Waals surface area contributed by atoms with Crippen LogP contribution < -0.4 is 20.9 Å². The van der Waals surface area contributed by atoms with Crippen molar-refractivity contribution in [3.05, 3.63) is 88.6 Å². The quantitative estimate of drug-likeness (QED) is 0.198. The van der Waals surface area contributed by atoms with Gasteiger partial charge in [0, 0.05) is 62.8 Å². The van der Waals surface area contributed by atoms with Gasteiger partial charge in [-0.15, -0.1) is 0 Å². The zero-order valence-corrected chi connectivity index (χ0v) is 21.7. The van der Waals surface area contributed by atoms with Crippen LogP contribution in [-0.2, 0) is 11.3 Å². The molecule has 200 valence electrons. The van der Waals surface area contributed by atoms with E-state index in [4.69, 9.17) is 0 Å². The molecule has 0 aliphatic carbocycles. The Hall–Kier alpha value is -4.95. The maximum absolute atomic E-state index is 12.2. The summed E-state index contributed by atoms with van der Waals surface area (Å²) in [7, 11) is 0. The number of likely N-dealkylation sites (N-methyl/N-ethyl adjacent to an activating group) is 1. The van der Waals surface area contributed by atoms with Gasteiger partial charge in [0.05, 0.1) is 27.5 Å². The number of carbonyl (C=O) groups is 1. The second-order valence-corrected chi connectivity index (χ2v) is 8.97. The van der Waals surface area contributed by atoms with Gasteiger partial charge in [0.2, 0.25) is 5.91 Å². The molecule has 0 atom stereocenters. The number of nitriles is 1. The molecule has 1 aromatic heterocycles. The number of nitro groups is 1. The molecule has 0 unspecified atom stereocenters. The highest BCUT2D eigenvalue weighted by Crippen LogP contribution is 2.31. The topological polar surface area (TPSA) is 139 Å². The Morgan fingerprint density at radius 2 is 1.87 bits per heavy atom. The summed E-state index contributed by atoms with van der Waals surface area (Å²) in [6, 6.07) is 15.9. The number of hydrogen-bond acceptors (Lipinski definition) is 9. The van der Waals surface area contributed by atoms with Crippen LogP contribution in [0.3, 0.4) is 0 Å². The lowest BCUT2D eigenvalue weighted by atomic mass is 10.1.